The Hall–Kier alpha value is -3.58. The second-order valence-corrected chi connectivity index (χ2v) is 9.18. The Morgan fingerprint density at radius 2 is 1.82 bits per heavy atom. The first-order valence-corrected chi connectivity index (χ1v) is 11.4. The predicted molar refractivity (Wildman–Crippen MR) is 122 cm³/mol. The summed E-state index contributed by atoms with van der Waals surface area (Å²) in [4.78, 5) is 39.0. The third-order valence-corrected chi connectivity index (χ3v) is 7.13. The van der Waals surface area contributed by atoms with Crippen molar-refractivity contribution in [1.29, 1.82) is 0 Å². The number of β-amino-alcohol motifs (C(OH)–C–C–N with tert-alkyl or cyclic N) is 1. The zero-order chi connectivity index (χ0) is 28.2. The number of fused-ring (bicyclic) bond motifs is 1. The van der Waals surface area contributed by atoms with Crippen LogP contribution in [0.1, 0.15) is 46.0 Å². The third kappa shape index (κ3) is 4.19. The summed E-state index contributed by atoms with van der Waals surface area (Å²) in [6.07, 6.45) is -6.76. The Bertz CT molecular complexity index is 1320. The lowest BCUT2D eigenvalue weighted by Crippen LogP contribution is -2.47. The van der Waals surface area contributed by atoms with Gasteiger partial charge in [0, 0.05) is 23.1 Å². The summed E-state index contributed by atoms with van der Waals surface area (Å²) in [5.74, 6) is -8.62. The first-order chi connectivity index (χ1) is 17.8. The molecule has 0 saturated carbocycles. The lowest BCUT2D eigenvalue weighted by atomic mass is 9.77. The van der Waals surface area contributed by atoms with Crippen molar-refractivity contribution in [2.45, 2.75) is 37.6 Å². The van der Waals surface area contributed by atoms with Crippen molar-refractivity contribution in [2.75, 3.05) is 25.6 Å². The van der Waals surface area contributed by atoms with E-state index in [4.69, 9.17) is 14.6 Å². The maximum Gasteiger partial charge on any atom is 0.417 e. The van der Waals surface area contributed by atoms with Gasteiger partial charge in [0.05, 0.1) is 31.4 Å². The molecule has 204 valence electrons. The Morgan fingerprint density at radius 3 is 2.42 bits per heavy atom. The number of aliphatic hydroxyl groups is 1. The molecule has 4 unspecified atom stereocenters. The number of hydrogen-bond donors (Lipinski definition) is 2. The molecular formula is C25H23F5N2O6. The molecule has 1 saturated heterocycles. The number of nitrogens with one attached hydrogen (secondary N) is 1. The van der Waals surface area contributed by atoms with Crippen LogP contribution >= 0.6 is 0 Å². The standard InChI is InChI=1S/C25H23F5N2O6/c1-11-17(14-6-7-16(26)18(27)19(14)37-3)20(38-24(11,2)25(28,29)30)21(34)31-12-4-5-13-15(10-12)23(36)32(8-9-33)22(13)35/h4-7,10-11,17,20,33H,8-9H2,1-3H3,(H,31,34). The average Bonchev–Trinajstić information content (AvgIpc) is 3.27. The van der Waals surface area contributed by atoms with Crippen LogP contribution in [0.2, 0.25) is 0 Å². The number of methoxy groups -OCH3 is 1. The van der Waals surface area contributed by atoms with Gasteiger partial charge in [-0.25, -0.2) is 4.39 Å². The monoisotopic (exact) mass is 542 g/mol. The summed E-state index contributed by atoms with van der Waals surface area (Å²) in [7, 11) is 1.02. The van der Waals surface area contributed by atoms with Crippen LogP contribution in [0.15, 0.2) is 30.3 Å². The van der Waals surface area contributed by atoms with E-state index in [-0.39, 0.29) is 28.9 Å². The van der Waals surface area contributed by atoms with Crippen LogP contribution in [0.5, 0.6) is 5.75 Å². The van der Waals surface area contributed by atoms with Crippen molar-refractivity contribution in [1.82, 2.24) is 4.90 Å². The van der Waals surface area contributed by atoms with E-state index < -0.39 is 71.4 Å². The fourth-order valence-corrected chi connectivity index (χ4v) is 4.93. The molecule has 0 aromatic heterocycles. The lowest BCUT2D eigenvalue weighted by Gasteiger charge is -2.32. The fraction of sp³-hybridized carbons (Fsp3) is 0.400. The normalized spacial score (nSPS) is 25.1. The van der Waals surface area contributed by atoms with Crippen LogP contribution in [0.4, 0.5) is 27.6 Å². The number of benzene rings is 2. The van der Waals surface area contributed by atoms with Crippen LogP contribution in [0, 0.1) is 17.6 Å². The minimum atomic E-state index is -4.93. The topological polar surface area (TPSA) is 105 Å². The predicted octanol–water partition coefficient (Wildman–Crippen LogP) is 3.64. The first-order valence-electron chi connectivity index (χ1n) is 11.4. The number of carbonyl (C=O) groups excluding carboxylic acids is 3. The number of halogens is 5. The largest absolute Gasteiger partial charge is 0.493 e. The first kappa shape index (κ1) is 27.5. The van der Waals surface area contributed by atoms with Crippen LogP contribution in [-0.4, -0.2) is 65.9 Å². The van der Waals surface area contributed by atoms with Crippen molar-refractivity contribution in [2.24, 2.45) is 5.92 Å². The zero-order valence-electron chi connectivity index (χ0n) is 20.4. The molecule has 4 atom stereocenters. The molecule has 0 aliphatic carbocycles. The Morgan fingerprint density at radius 1 is 1.16 bits per heavy atom. The maximum atomic E-state index is 14.5. The molecule has 0 bridgehead atoms. The minimum Gasteiger partial charge on any atom is -0.493 e. The number of aliphatic hydroxyl groups excluding tert-OH is 1. The molecule has 2 aromatic rings. The second-order valence-electron chi connectivity index (χ2n) is 9.18. The molecule has 4 rings (SSSR count). The molecule has 2 heterocycles. The van der Waals surface area contributed by atoms with Gasteiger partial charge >= 0.3 is 6.18 Å². The van der Waals surface area contributed by atoms with Crippen LogP contribution < -0.4 is 10.1 Å². The van der Waals surface area contributed by atoms with E-state index in [0.29, 0.717) is 0 Å². The van der Waals surface area contributed by atoms with E-state index in [1.165, 1.54) is 25.1 Å². The van der Waals surface area contributed by atoms with Crippen LogP contribution in [0.3, 0.4) is 0 Å². The highest BCUT2D eigenvalue weighted by Crippen LogP contribution is 2.55. The van der Waals surface area contributed by atoms with E-state index >= 15 is 0 Å². The number of nitrogens with zero attached hydrogens (tertiary/aromatic N) is 1. The summed E-state index contributed by atoms with van der Waals surface area (Å²) >= 11 is 0. The molecule has 0 radical (unpaired) electrons. The number of ether oxygens (including phenoxy) is 2. The van der Waals surface area contributed by atoms with E-state index in [9.17, 15) is 36.3 Å². The van der Waals surface area contributed by atoms with Gasteiger partial charge in [-0.05, 0) is 31.2 Å². The Balaban J connectivity index is 1.72. The fourth-order valence-electron chi connectivity index (χ4n) is 4.93. The maximum absolute atomic E-state index is 14.5. The van der Waals surface area contributed by atoms with Gasteiger partial charge in [0.1, 0.15) is 6.10 Å². The molecular weight excluding hydrogens is 519 g/mol. The SMILES string of the molecule is COc1c(C2C(C(=O)Nc3ccc4c(c3)C(=O)N(CCO)C4=O)OC(C)(C(F)(F)F)C2C)ccc(F)c1F. The van der Waals surface area contributed by atoms with Gasteiger partial charge in [-0.15, -0.1) is 0 Å². The molecule has 13 heteroatoms. The summed E-state index contributed by atoms with van der Waals surface area (Å²) in [6.45, 7) is 1.25. The lowest BCUT2D eigenvalue weighted by molar-refractivity contribution is -0.272. The number of hydrogen-bond acceptors (Lipinski definition) is 6. The second kappa shape index (κ2) is 9.62. The minimum absolute atomic E-state index is 0.0198. The van der Waals surface area contributed by atoms with Crippen molar-refractivity contribution in [3.05, 3.63) is 58.7 Å². The smallest absolute Gasteiger partial charge is 0.417 e. The Kier molecular flexibility index (Phi) is 6.95. The molecule has 2 N–H and O–H groups in total. The van der Waals surface area contributed by atoms with Crippen LogP contribution in [-0.2, 0) is 9.53 Å². The number of rotatable bonds is 6. The highest BCUT2D eigenvalue weighted by molar-refractivity contribution is 6.21. The van der Waals surface area contributed by atoms with Gasteiger partial charge in [-0.1, -0.05) is 13.0 Å². The van der Waals surface area contributed by atoms with Crippen molar-refractivity contribution in [3.8, 4) is 5.75 Å². The van der Waals surface area contributed by atoms with E-state index in [0.717, 1.165) is 31.1 Å². The average molecular weight is 542 g/mol. The number of imide groups is 1. The van der Waals surface area contributed by atoms with Gasteiger partial charge in [-0.3, -0.25) is 19.3 Å². The number of anilines is 1. The molecule has 3 amide bonds. The number of alkyl halides is 3. The van der Waals surface area contributed by atoms with Crippen molar-refractivity contribution < 1.29 is 50.9 Å². The van der Waals surface area contributed by atoms with Gasteiger partial charge in [-0.2, -0.15) is 17.6 Å². The van der Waals surface area contributed by atoms with Gasteiger partial charge < -0.3 is 19.9 Å². The summed E-state index contributed by atoms with van der Waals surface area (Å²) < 4.78 is 80.9. The van der Waals surface area contributed by atoms with Gasteiger partial charge in [0.25, 0.3) is 17.7 Å². The molecule has 8 nitrogen and oxygen atoms in total. The molecule has 2 aliphatic rings. The van der Waals surface area contributed by atoms with E-state index in [1.807, 2.05) is 0 Å². The zero-order valence-corrected chi connectivity index (χ0v) is 20.4. The summed E-state index contributed by atoms with van der Waals surface area (Å²) in [6, 6.07) is 5.48. The summed E-state index contributed by atoms with van der Waals surface area (Å²) in [5.41, 5.74) is -3.09. The van der Waals surface area contributed by atoms with E-state index in [2.05, 4.69) is 5.32 Å². The van der Waals surface area contributed by atoms with Crippen LogP contribution in [0.25, 0.3) is 0 Å². The quantitative estimate of drug-likeness (QED) is 0.427. The molecule has 1 fully saturated rings. The highest BCUT2D eigenvalue weighted by Gasteiger charge is 2.66. The van der Waals surface area contributed by atoms with E-state index in [1.54, 1.807) is 0 Å². The molecule has 38 heavy (non-hydrogen) atoms. The third-order valence-electron chi connectivity index (χ3n) is 7.13. The summed E-state index contributed by atoms with van der Waals surface area (Å²) in [5, 5.41) is 11.5. The number of amides is 3. The number of carbonyl (C=O) groups is 3. The Labute approximate surface area is 213 Å². The van der Waals surface area contributed by atoms with Gasteiger partial charge in [0.2, 0.25) is 5.82 Å². The molecule has 2 aliphatic heterocycles. The highest BCUT2D eigenvalue weighted by atomic mass is 19.4. The van der Waals surface area contributed by atoms with Crippen molar-refractivity contribution in [3.63, 3.8) is 0 Å². The molecule has 2 aromatic carbocycles. The van der Waals surface area contributed by atoms with Crippen molar-refractivity contribution >= 4 is 23.4 Å². The molecule has 0 spiro atoms. The van der Waals surface area contributed by atoms with Gasteiger partial charge in [0.15, 0.2) is 17.2 Å².